The van der Waals surface area contributed by atoms with E-state index in [1.165, 1.54) is 0 Å². The molecule has 1 aliphatic rings. The topological polar surface area (TPSA) is 95.5 Å². The van der Waals surface area contributed by atoms with E-state index in [1.54, 1.807) is 0 Å². The lowest BCUT2D eigenvalue weighted by atomic mass is 9.77. The minimum atomic E-state index is -1.06. The van der Waals surface area contributed by atoms with Crippen LogP contribution in [-0.2, 0) is 19.8 Å². The molecule has 0 heterocycles. The summed E-state index contributed by atoms with van der Waals surface area (Å²) < 4.78 is 0. The van der Waals surface area contributed by atoms with Crippen LogP contribution in [0.5, 0.6) is 0 Å². The molecule has 0 aliphatic heterocycles. The molecule has 27 heavy (non-hydrogen) atoms. The van der Waals surface area contributed by atoms with Crippen LogP contribution in [0.15, 0.2) is 24.3 Å². The van der Waals surface area contributed by atoms with E-state index in [4.69, 9.17) is 0 Å². The number of aliphatic carboxylic acids is 1. The molecule has 2 amide bonds. The molecular weight excluding hydrogens is 344 g/mol. The Hall–Kier alpha value is -2.37. The minimum Gasteiger partial charge on any atom is -0.480 e. The lowest BCUT2D eigenvalue weighted by molar-refractivity contribution is -0.142. The molecule has 0 radical (unpaired) electrons. The third kappa shape index (κ3) is 5.31. The molecule has 1 aliphatic carbocycles. The third-order valence-corrected chi connectivity index (χ3v) is 5.21. The van der Waals surface area contributed by atoms with E-state index in [9.17, 15) is 19.5 Å². The largest absolute Gasteiger partial charge is 0.480 e. The Balaban J connectivity index is 2.02. The molecule has 1 saturated carbocycles. The van der Waals surface area contributed by atoms with E-state index in [1.807, 2.05) is 45.0 Å². The molecule has 2 rings (SSSR count). The van der Waals surface area contributed by atoms with Crippen LogP contribution in [0.25, 0.3) is 0 Å². The Kier molecular flexibility index (Phi) is 6.99. The van der Waals surface area contributed by atoms with Gasteiger partial charge in [0.1, 0.15) is 6.04 Å². The van der Waals surface area contributed by atoms with Crippen molar-refractivity contribution in [2.45, 2.75) is 64.3 Å². The summed E-state index contributed by atoms with van der Waals surface area (Å²) in [4.78, 5) is 36.4. The van der Waals surface area contributed by atoms with Gasteiger partial charge in [-0.1, -0.05) is 56.5 Å². The van der Waals surface area contributed by atoms with Crippen molar-refractivity contribution in [1.29, 1.82) is 0 Å². The van der Waals surface area contributed by atoms with Crippen molar-refractivity contribution in [3.8, 4) is 0 Å². The van der Waals surface area contributed by atoms with E-state index in [0.29, 0.717) is 6.42 Å². The highest BCUT2D eigenvalue weighted by Gasteiger charge is 2.42. The zero-order valence-electron chi connectivity index (χ0n) is 16.4. The van der Waals surface area contributed by atoms with E-state index < -0.39 is 23.3 Å². The number of amides is 2. The van der Waals surface area contributed by atoms with Gasteiger partial charge in [0.25, 0.3) is 0 Å². The molecule has 0 saturated heterocycles. The number of benzene rings is 1. The SMILES string of the molecule is Cc1cccc(C2(C(=O)NCC(=O)N[C@@H](CC(C)C)C(=O)O)CCCC2)c1. The van der Waals surface area contributed by atoms with Crippen molar-refractivity contribution in [2.24, 2.45) is 5.92 Å². The molecule has 0 unspecified atom stereocenters. The summed E-state index contributed by atoms with van der Waals surface area (Å²) in [7, 11) is 0. The van der Waals surface area contributed by atoms with Gasteiger partial charge in [-0.25, -0.2) is 4.79 Å². The van der Waals surface area contributed by atoms with E-state index in [-0.39, 0.29) is 18.4 Å². The van der Waals surface area contributed by atoms with Crippen molar-refractivity contribution in [2.75, 3.05) is 6.54 Å². The Morgan fingerprint density at radius 2 is 1.85 bits per heavy atom. The Morgan fingerprint density at radius 3 is 2.41 bits per heavy atom. The van der Waals surface area contributed by atoms with Gasteiger partial charge in [0.2, 0.25) is 11.8 Å². The van der Waals surface area contributed by atoms with Crippen molar-refractivity contribution in [3.63, 3.8) is 0 Å². The summed E-state index contributed by atoms with van der Waals surface area (Å²) in [5.74, 6) is -1.55. The molecule has 6 heteroatoms. The van der Waals surface area contributed by atoms with Crippen LogP contribution in [-0.4, -0.2) is 35.5 Å². The van der Waals surface area contributed by atoms with Gasteiger partial charge in [-0.3, -0.25) is 9.59 Å². The summed E-state index contributed by atoms with van der Waals surface area (Å²) in [6.45, 7) is 5.58. The van der Waals surface area contributed by atoms with E-state index in [0.717, 1.165) is 36.8 Å². The van der Waals surface area contributed by atoms with Crippen LogP contribution in [0.2, 0.25) is 0 Å². The zero-order chi connectivity index (χ0) is 20.0. The van der Waals surface area contributed by atoms with Crippen LogP contribution in [0.3, 0.4) is 0 Å². The number of carboxylic acid groups (broad SMARTS) is 1. The Morgan fingerprint density at radius 1 is 1.19 bits per heavy atom. The molecule has 0 spiro atoms. The quantitative estimate of drug-likeness (QED) is 0.652. The van der Waals surface area contributed by atoms with Crippen LogP contribution in [0.4, 0.5) is 0 Å². The van der Waals surface area contributed by atoms with Crippen molar-refractivity contribution in [1.82, 2.24) is 10.6 Å². The van der Waals surface area contributed by atoms with Gasteiger partial charge in [-0.15, -0.1) is 0 Å². The molecule has 3 N–H and O–H groups in total. The number of carboxylic acids is 1. The average Bonchev–Trinajstić information content (AvgIpc) is 3.09. The van der Waals surface area contributed by atoms with Gasteiger partial charge in [0.15, 0.2) is 0 Å². The molecule has 148 valence electrons. The van der Waals surface area contributed by atoms with Gasteiger partial charge < -0.3 is 15.7 Å². The molecule has 0 bridgehead atoms. The second kappa shape index (κ2) is 9.02. The number of carbonyl (C=O) groups is 3. The highest BCUT2D eigenvalue weighted by atomic mass is 16.4. The summed E-state index contributed by atoms with van der Waals surface area (Å²) in [5.41, 5.74) is 1.49. The van der Waals surface area contributed by atoms with Gasteiger partial charge in [0.05, 0.1) is 12.0 Å². The fourth-order valence-corrected chi connectivity index (χ4v) is 3.84. The number of rotatable bonds is 8. The van der Waals surface area contributed by atoms with Crippen LogP contribution >= 0.6 is 0 Å². The summed E-state index contributed by atoms with van der Waals surface area (Å²) >= 11 is 0. The van der Waals surface area contributed by atoms with E-state index in [2.05, 4.69) is 10.6 Å². The van der Waals surface area contributed by atoms with Crippen LogP contribution < -0.4 is 10.6 Å². The zero-order valence-corrected chi connectivity index (χ0v) is 16.4. The van der Waals surface area contributed by atoms with Gasteiger partial charge in [-0.2, -0.15) is 0 Å². The fourth-order valence-electron chi connectivity index (χ4n) is 3.84. The maximum Gasteiger partial charge on any atom is 0.326 e. The minimum absolute atomic E-state index is 0.143. The summed E-state index contributed by atoms with van der Waals surface area (Å²) in [6, 6.07) is 7.02. The van der Waals surface area contributed by atoms with Gasteiger partial charge in [-0.05, 0) is 37.7 Å². The molecule has 1 aromatic rings. The second-order valence-corrected chi connectivity index (χ2v) is 7.93. The summed E-state index contributed by atoms with van der Waals surface area (Å²) in [6.07, 6.45) is 3.82. The molecule has 0 aromatic heterocycles. The number of nitrogens with one attached hydrogen (secondary N) is 2. The maximum atomic E-state index is 13.0. The lowest BCUT2D eigenvalue weighted by Crippen LogP contribution is -2.49. The number of hydrogen-bond donors (Lipinski definition) is 3. The molecular formula is C21H30N2O4. The Bertz CT molecular complexity index is 693. The Labute approximate surface area is 160 Å². The highest BCUT2D eigenvalue weighted by molar-refractivity contribution is 5.92. The predicted octanol–water partition coefficient (Wildman–Crippen LogP) is 2.54. The maximum absolute atomic E-state index is 13.0. The predicted molar refractivity (Wildman–Crippen MR) is 103 cm³/mol. The van der Waals surface area contributed by atoms with Gasteiger partial charge in [0, 0.05) is 0 Å². The molecule has 1 fully saturated rings. The highest BCUT2D eigenvalue weighted by Crippen LogP contribution is 2.41. The standard InChI is InChI=1S/C21H30N2O4/c1-14(2)11-17(19(25)26)23-18(24)13-22-20(27)21(9-4-5-10-21)16-8-6-7-15(3)12-16/h6-8,12,14,17H,4-5,9-11,13H2,1-3H3,(H,22,27)(H,23,24)(H,25,26)/t17-/m0/s1. The van der Waals surface area contributed by atoms with E-state index >= 15 is 0 Å². The smallest absolute Gasteiger partial charge is 0.326 e. The van der Waals surface area contributed by atoms with Crippen LogP contribution in [0, 0.1) is 12.8 Å². The van der Waals surface area contributed by atoms with Crippen molar-refractivity contribution < 1.29 is 19.5 Å². The first kappa shape index (κ1) is 20.9. The summed E-state index contributed by atoms with van der Waals surface area (Å²) in [5, 5.41) is 14.5. The van der Waals surface area contributed by atoms with Crippen LogP contribution in [0.1, 0.15) is 57.1 Å². The first-order valence-corrected chi connectivity index (χ1v) is 9.62. The number of hydrogen-bond acceptors (Lipinski definition) is 3. The number of aryl methyl sites for hydroxylation is 1. The third-order valence-electron chi connectivity index (χ3n) is 5.21. The molecule has 1 atom stereocenters. The second-order valence-electron chi connectivity index (χ2n) is 7.93. The first-order valence-electron chi connectivity index (χ1n) is 9.62. The number of carbonyl (C=O) groups excluding carboxylic acids is 2. The molecule has 1 aromatic carbocycles. The van der Waals surface area contributed by atoms with Gasteiger partial charge >= 0.3 is 5.97 Å². The lowest BCUT2D eigenvalue weighted by Gasteiger charge is -2.28. The fraction of sp³-hybridized carbons (Fsp3) is 0.571. The molecule has 6 nitrogen and oxygen atoms in total. The normalized spacial score (nSPS) is 16.7. The monoisotopic (exact) mass is 374 g/mol. The van der Waals surface area contributed by atoms with Crippen molar-refractivity contribution in [3.05, 3.63) is 35.4 Å². The average molecular weight is 374 g/mol. The first-order chi connectivity index (χ1) is 12.7. The van der Waals surface area contributed by atoms with Crippen molar-refractivity contribution >= 4 is 17.8 Å².